The van der Waals surface area contributed by atoms with Crippen molar-refractivity contribution in [3.63, 3.8) is 0 Å². The average molecular weight is 440 g/mol. The maximum atomic E-state index is 13.0. The van der Waals surface area contributed by atoms with Gasteiger partial charge in [-0.3, -0.25) is 4.79 Å². The Morgan fingerprint density at radius 2 is 1.69 bits per heavy atom. The molecule has 1 heterocycles. The van der Waals surface area contributed by atoms with Crippen LogP contribution in [0.1, 0.15) is 40.0 Å². The first-order valence-electron chi connectivity index (χ1n) is 9.04. The van der Waals surface area contributed by atoms with Gasteiger partial charge in [-0.25, -0.2) is 17.6 Å². The molecule has 0 N–H and O–H groups in total. The maximum Gasteiger partial charge on any atom is 0.340 e. The standard InChI is InChI=1S/C20H19ClFNO5S/c21-18-12-15(22)6-9-17(18)20(25)28-13-19(24)14-4-7-16(8-5-14)29(26,27)23-10-2-1-3-11-23/h4-9,12H,1-3,10-11,13H2. The molecule has 1 fully saturated rings. The van der Waals surface area contributed by atoms with E-state index in [0.717, 1.165) is 31.4 Å². The summed E-state index contributed by atoms with van der Waals surface area (Å²) in [7, 11) is -3.58. The third-order valence-electron chi connectivity index (χ3n) is 4.61. The predicted molar refractivity (Wildman–Crippen MR) is 105 cm³/mol. The Hall–Kier alpha value is -2.29. The lowest BCUT2D eigenvalue weighted by atomic mass is 10.1. The first kappa shape index (κ1) is 21.4. The molecule has 2 aromatic carbocycles. The fraction of sp³-hybridized carbons (Fsp3) is 0.300. The number of carbonyl (C=O) groups excluding carboxylic acids is 2. The maximum absolute atomic E-state index is 13.0. The first-order valence-corrected chi connectivity index (χ1v) is 10.9. The van der Waals surface area contributed by atoms with E-state index in [9.17, 15) is 22.4 Å². The molecule has 3 rings (SSSR count). The molecule has 0 spiro atoms. The zero-order chi connectivity index (χ0) is 21.0. The minimum Gasteiger partial charge on any atom is -0.454 e. The van der Waals surface area contributed by atoms with Crippen LogP contribution in [0.2, 0.25) is 5.02 Å². The van der Waals surface area contributed by atoms with Crippen LogP contribution >= 0.6 is 11.6 Å². The molecule has 0 bridgehead atoms. The van der Waals surface area contributed by atoms with E-state index in [1.54, 1.807) is 0 Å². The van der Waals surface area contributed by atoms with Crippen molar-refractivity contribution in [2.45, 2.75) is 24.2 Å². The highest BCUT2D eigenvalue weighted by atomic mass is 35.5. The van der Waals surface area contributed by atoms with Gasteiger partial charge in [0.2, 0.25) is 10.0 Å². The van der Waals surface area contributed by atoms with Crippen molar-refractivity contribution in [2.24, 2.45) is 0 Å². The van der Waals surface area contributed by atoms with E-state index in [1.165, 1.54) is 34.6 Å². The second kappa shape index (κ2) is 9.02. The molecule has 0 aliphatic carbocycles. The fourth-order valence-electron chi connectivity index (χ4n) is 3.01. The van der Waals surface area contributed by atoms with Crippen molar-refractivity contribution in [3.05, 3.63) is 64.4 Å². The van der Waals surface area contributed by atoms with Gasteiger partial charge in [0.25, 0.3) is 0 Å². The molecular weight excluding hydrogens is 421 g/mol. The summed E-state index contributed by atoms with van der Waals surface area (Å²) in [5.41, 5.74) is 0.157. The van der Waals surface area contributed by atoms with Gasteiger partial charge in [0.05, 0.1) is 15.5 Å². The zero-order valence-corrected chi connectivity index (χ0v) is 17.0. The Bertz CT molecular complexity index is 1020. The number of ketones is 1. The number of ether oxygens (including phenoxy) is 1. The van der Waals surface area contributed by atoms with Crippen molar-refractivity contribution in [1.29, 1.82) is 0 Å². The van der Waals surface area contributed by atoms with Crippen LogP contribution in [0.3, 0.4) is 0 Å². The lowest BCUT2D eigenvalue weighted by Crippen LogP contribution is -2.35. The number of Topliss-reactive ketones (excluding diaryl/α,β-unsaturated/α-hetero) is 1. The number of halogens is 2. The van der Waals surface area contributed by atoms with Crippen LogP contribution in [0.5, 0.6) is 0 Å². The molecular formula is C20H19ClFNO5S. The van der Waals surface area contributed by atoms with Crippen LogP contribution in [0.15, 0.2) is 47.4 Å². The molecule has 2 aromatic rings. The summed E-state index contributed by atoms with van der Waals surface area (Å²) in [6.45, 7) is 0.431. The second-order valence-corrected chi connectivity index (χ2v) is 8.96. The lowest BCUT2D eigenvalue weighted by Gasteiger charge is -2.25. The number of hydrogen-bond donors (Lipinski definition) is 0. The molecule has 0 unspecified atom stereocenters. The molecule has 0 amide bonds. The number of hydrogen-bond acceptors (Lipinski definition) is 5. The number of esters is 1. The van der Waals surface area contributed by atoms with Crippen LogP contribution < -0.4 is 0 Å². The van der Waals surface area contributed by atoms with Crippen molar-refractivity contribution in [1.82, 2.24) is 4.31 Å². The number of sulfonamides is 1. The Balaban J connectivity index is 1.63. The van der Waals surface area contributed by atoms with Gasteiger partial charge < -0.3 is 4.74 Å². The topological polar surface area (TPSA) is 80.8 Å². The summed E-state index contributed by atoms with van der Waals surface area (Å²) in [5.74, 6) is -1.95. The highest BCUT2D eigenvalue weighted by molar-refractivity contribution is 7.89. The van der Waals surface area contributed by atoms with E-state index in [4.69, 9.17) is 16.3 Å². The fourth-order valence-corrected chi connectivity index (χ4v) is 4.78. The number of carbonyl (C=O) groups is 2. The third-order valence-corrected chi connectivity index (χ3v) is 6.84. The van der Waals surface area contributed by atoms with E-state index < -0.39 is 34.2 Å². The van der Waals surface area contributed by atoms with Gasteiger partial charge in [0, 0.05) is 18.7 Å². The molecule has 6 nitrogen and oxygen atoms in total. The van der Waals surface area contributed by atoms with E-state index in [-0.39, 0.29) is 21.0 Å². The Kier molecular flexibility index (Phi) is 6.66. The summed E-state index contributed by atoms with van der Waals surface area (Å²) in [6, 6.07) is 8.72. The number of piperidine rings is 1. The monoisotopic (exact) mass is 439 g/mol. The lowest BCUT2D eigenvalue weighted by molar-refractivity contribution is 0.0475. The predicted octanol–water partition coefficient (Wildman–Crippen LogP) is 3.69. The molecule has 9 heteroatoms. The van der Waals surface area contributed by atoms with E-state index in [2.05, 4.69) is 0 Å². The van der Waals surface area contributed by atoms with Gasteiger partial charge in [0.1, 0.15) is 5.82 Å². The summed E-state index contributed by atoms with van der Waals surface area (Å²) < 4.78 is 44.7. The van der Waals surface area contributed by atoms with Crippen molar-refractivity contribution >= 4 is 33.4 Å². The average Bonchev–Trinajstić information content (AvgIpc) is 2.72. The normalized spacial score (nSPS) is 15.1. The SMILES string of the molecule is O=C(COC(=O)c1ccc(F)cc1Cl)c1ccc(S(=O)(=O)N2CCCCC2)cc1. The van der Waals surface area contributed by atoms with Crippen LogP contribution in [-0.2, 0) is 14.8 Å². The van der Waals surface area contributed by atoms with E-state index in [1.807, 2.05) is 0 Å². The molecule has 0 radical (unpaired) electrons. The molecule has 29 heavy (non-hydrogen) atoms. The van der Waals surface area contributed by atoms with E-state index in [0.29, 0.717) is 13.1 Å². The molecule has 1 aliphatic heterocycles. The third kappa shape index (κ3) is 5.01. The largest absolute Gasteiger partial charge is 0.454 e. The summed E-state index contributed by atoms with van der Waals surface area (Å²) in [5, 5.41) is -0.116. The molecule has 1 aliphatic rings. The Morgan fingerprint density at radius 3 is 2.31 bits per heavy atom. The summed E-state index contributed by atoms with van der Waals surface area (Å²) in [6.07, 6.45) is 2.68. The number of rotatable bonds is 6. The molecule has 0 aromatic heterocycles. The summed E-state index contributed by atoms with van der Waals surface area (Å²) in [4.78, 5) is 24.4. The highest BCUT2D eigenvalue weighted by Gasteiger charge is 2.26. The van der Waals surface area contributed by atoms with Crippen LogP contribution in [-0.4, -0.2) is 44.2 Å². The molecule has 0 saturated carbocycles. The first-order chi connectivity index (χ1) is 13.8. The quantitative estimate of drug-likeness (QED) is 0.506. The van der Waals surface area contributed by atoms with Crippen molar-refractivity contribution in [3.8, 4) is 0 Å². The van der Waals surface area contributed by atoms with Gasteiger partial charge in [-0.05, 0) is 55.3 Å². The van der Waals surface area contributed by atoms with Crippen molar-refractivity contribution in [2.75, 3.05) is 19.7 Å². The zero-order valence-electron chi connectivity index (χ0n) is 15.4. The van der Waals surface area contributed by atoms with Gasteiger partial charge in [0.15, 0.2) is 12.4 Å². The number of nitrogens with zero attached hydrogens (tertiary/aromatic N) is 1. The molecule has 154 valence electrons. The van der Waals surface area contributed by atoms with Gasteiger partial charge in [-0.15, -0.1) is 0 Å². The van der Waals surface area contributed by atoms with Gasteiger partial charge in [-0.1, -0.05) is 18.0 Å². The molecule has 1 saturated heterocycles. The Morgan fingerprint density at radius 1 is 1.03 bits per heavy atom. The molecule has 0 atom stereocenters. The van der Waals surface area contributed by atoms with Crippen LogP contribution in [0.25, 0.3) is 0 Å². The minimum atomic E-state index is -3.58. The Labute approximate surface area is 173 Å². The van der Waals surface area contributed by atoms with Crippen LogP contribution in [0.4, 0.5) is 4.39 Å². The minimum absolute atomic E-state index is 0.0520. The van der Waals surface area contributed by atoms with Gasteiger partial charge in [-0.2, -0.15) is 4.31 Å². The summed E-state index contributed by atoms with van der Waals surface area (Å²) >= 11 is 5.79. The van der Waals surface area contributed by atoms with E-state index >= 15 is 0 Å². The van der Waals surface area contributed by atoms with Crippen LogP contribution in [0, 0.1) is 5.82 Å². The van der Waals surface area contributed by atoms with Gasteiger partial charge >= 0.3 is 5.97 Å². The second-order valence-electron chi connectivity index (χ2n) is 6.61. The van der Waals surface area contributed by atoms with Crippen molar-refractivity contribution < 1.29 is 27.1 Å². The smallest absolute Gasteiger partial charge is 0.340 e. The highest BCUT2D eigenvalue weighted by Crippen LogP contribution is 2.21. The number of benzene rings is 2.